The van der Waals surface area contributed by atoms with Crippen molar-refractivity contribution in [2.75, 3.05) is 24.5 Å². The Labute approximate surface area is 172 Å². The van der Waals surface area contributed by atoms with Crippen molar-refractivity contribution < 1.29 is 37.8 Å². The lowest BCUT2D eigenvalue weighted by Crippen LogP contribution is -2.42. The number of alkyl halides is 3. The second-order valence-electron chi connectivity index (χ2n) is 6.51. The SMILES string of the molecule is CCC(=O)N(c1cccc(C(F)(F)F)c1)C1CCN(CC)C1.O=C(O)/C=C/C(=O)O. The zero-order chi connectivity index (χ0) is 22.9. The van der Waals surface area contributed by atoms with Crippen LogP contribution in [0.3, 0.4) is 0 Å². The second-order valence-corrected chi connectivity index (χ2v) is 6.51. The number of hydrogen-bond acceptors (Lipinski definition) is 4. The summed E-state index contributed by atoms with van der Waals surface area (Å²) in [6.07, 6.45) is -2.22. The first-order valence-electron chi connectivity index (χ1n) is 9.35. The van der Waals surface area contributed by atoms with Crippen LogP contribution >= 0.6 is 0 Å². The van der Waals surface area contributed by atoms with E-state index in [-0.39, 0.29) is 18.4 Å². The molecule has 2 N–H and O–H groups in total. The first kappa shape index (κ1) is 25.2. The number of carboxylic acids is 2. The maximum atomic E-state index is 12.9. The summed E-state index contributed by atoms with van der Waals surface area (Å²) in [4.78, 5) is 35.1. The lowest BCUT2D eigenvalue weighted by atomic mass is 10.1. The molecule has 30 heavy (non-hydrogen) atoms. The minimum atomic E-state index is -4.40. The summed E-state index contributed by atoms with van der Waals surface area (Å²) in [6, 6.07) is 4.99. The van der Waals surface area contributed by atoms with Gasteiger partial charge in [-0.2, -0.15) is 13.2 Å². The summed E-state index contributed by atoms with van der Waals surface area (Å²) in [5.74, 6) is -2.65. The zero-order valence-corrected chi connectivity index (χ0v) is 16.7. The van der Waals surface area contributed by atoms with Crippen LogP contribution in [-0.2, 0) is 20.6 Å². The number of carboxylic acid groups (broad SMARTS) is 2. The molecule has 1 heterocycles. The quantitative estimate of drug-likeness (QED) is 0.673. The van der Waals surface area contributed by atoms with Crippen LogP contribution in [0.5, 0.6) is 0 Å². The molecular weight excluding hydrogens is 405 g/mol. The lowest BCUT2D eigenvalue weighted by Gasteiger charge is -2.29. The van der Waals surface area contributed by atoms with Gasteiger partial charge >= 0.3 is 18.1 Å². The van der Waals surface area contributed by atoms with Crippen molar-refractivity contribution >= 4 is 23.5 Å². The largest absolute Gasteiger partial charge is 0.478 e. The van der Waals surface area contributed by atoms with E-state index in [2.05, 4.69) is 4.90 Å². The summed E-state index contributed by atoms with van der Waals surface area (Å²) in [5.41, 5.74) is -0.381. The standard InChI is InChI=1S/C16H21F3N2O.C4H4O4/c1-3-15(22)21(14-8-9-20(4-2)11-14)13-7-5-6-12(10-13)16(17,18)19;5-3(6)1-2-4(7)8/h5-7,10,14H,3-4,8-9,11H2,1-2H3;1-2H,(H,5,6)(H,7,8)/b;2-1+. The third-order valence-electron chi connectivity index (χ3n) is 4.45. The van der Waals surface area contributed by atoms with Crippen LogP contribution < -0.4 is 4.90 Å². The Morgan fingerprint density at radius 3 is 2.20 bits per heavy atom. The number of aliphatic carboxylic acids is 2. The monoisotopic (exact) mass is 430 g/mol. The zero-order valence-electron chi connectivity index (χ0n) is 16.7. The fourth-order valence-electron chi connectivity index (χ4n) is 3.01. The normalized spacial score (nSPS) is 16.8. The molecule has 1 aliphatic rings. The van der Waals surface area contributed by atoms with Gasteiger partial charge in [0.15, 0.2) is 0 Å². The predicted molar refractivity (Wildman–Crippen MR) is 104 cm³/mol. The van der Waals surface area contributed by atoms with Crippen LogP contribution in [0.15, 0.2) is 36.4 Å². The highest BCUT2D eigenvalue weighted by Gasteiger charge is 2.34. The van der Waals surface area contributed by atoms with Crippen LogP contribution in [0.4, 0.5) is 18.9 Å². The van der Waals surface area contributed by atoms with Crippen LogP contribution in [0.25, 0.3) is 0 Å². The minimum Gasteiger partial charge on any atom is -0.478 e. The molecule has 0 saturated carbocycles. The number of likely N-dealkylation sites (N-methyl/N-ethyl adjacent to an activating group) is 1. The summed E-state index contributed by atoms with van der Waals surface area (Å²) in [5, 5.41) is 15.6. The number of halogens is 3. The maximum Gasteiger partial charge on any atom is 0.416 e. The van der Waals surface area contributed by atoms with Crippen molar-refractivity contribution in [2.24, 2.45) is 0 Å². The molecule has 1 atom stereocenters. The molecule has 0 aliphatic carbocycles. The van der Waals surface area contributed by atoms with Crippen molar-refractivity contribution in [3.63, 3.8) is 0 Å². The highest BCUT2D eigenvalue weighted by molar-refractivity contribution is 5.94. The average Bonchev–Trinajstić information content (AvgIpc) is 3.15. The number of likely N-dealkylation sites (tertiary alicyclic amines) is 1. The van der Waals surface area contributed by atoms with E-state index in [1.807, 2.05) is 6.92 Å². The Bertz CT molecular complexity index is 764. The van der Waals surface area contributed by atoms with Gasteiger partial charge in [0.05, 0.1) is 11.6 Å². The Morgan fingerprint density at radius 1 is 1.17 bits per heavy atom. The van der Waals surface area contributed by atoms with Gasteiger partial charge in [-0.1, -0.05) is 19.9 Å². The molecule has 7 nitrogen and oxygen atoms in total. The summed E-state index contributed by atoms with van der Waals surface area (Å²) in [7, 11) is 0. The van der Waals surface area contributed by atoms with Gasteiger partial charge in [0.2, 0.25) is 5.91 Å². The first-order chi connectivity index (χ1) is 14.0. The molecule has 1 aliphatic heterocycles. The number of hydrogen-bond donors (Lipinski definition) is 2. The number of benzene rings is 1. The third-order valence-corrected chi connectivity index (χ3v) is 4.45. The minimum absolute atomic E-state index is 0.0594. The number of anilines is 1. The number of carbonyl (C=O) groups is 3. The molecule has 1 fully saturated rings. The molecule has 0 aromatic heterocycles. The second kappa shape index (κ2) is 11.3. The van der Waals surface area contributed by atoms with Crippen LogP contribution in [0.2, 0.25) is 0 Å². The fourth-order valence-corrected chi connectivity index (χ4v) is 3.01. The third kappa shape index (κ3) is 7.86. The van der Waals surface area contributed by atoms with Gasteiger partial charge in [0.25, 0.3) is 0 Å². The molecule has 1 aromatic rings. The van der Waals surface area contributed by atoms with E-state index in [0.29, 0.717) is 24.4 Å². The number of nitrogens with zero attached hydrogens (tertiary/aromatic N) is 2. The summed E-state index contributed by atoms with van der Waals surface area (Å²) >= 11 is 0. The van der Waals surface area contributed by atoms with Gasteiger partial charge in [0.1, 0.15) is 0 Å². The summed E-state index contributed by atoms with van der Waals surface area (Å²) in [6.45, 7) is 6.23. The van der Waals surface area contributed by atoms with Crippen molar-refractivity contribution in [1.29, 1.82) is 0 Å². The highest BCUT2D eigenvalue weighted by Crippen LogP contribution is 2.33. The molecule has 166 valence electrons. The van der Waals surface area contributed by atoms with Gasteiger partial charge in [-0.25, -0.2) is 9.59 Å². The van der Waals surface area contributed by atoms with Gasteiger partial charge in [-0.3, -0.25) is 4.79 Å². The van der Waals surface area contributed by atoms with Gasteiger partial charge in [-0.15, -0.1) is 0 Å². The van der Waals surface area contributed by atoms with Gasteiger partial charge < -0.3 is 20.0 Å². The molecular formula is C20H25F3N2O5. The molecule has 2 rings (SSSR count). The molecule has 10 heteroatoms. The highest BCUT2D eigenvalue weighted by atomic mass is 19.4. The van der Waals surface area contributed by atoms with Crippen LogP contribution in [-0.4, -0.2) is 58.6 Å². The number of rotatable bonds is 6. The van der Waals surface area contributed by atoms with E-state index in [1.165, 1.54) is 6.07 Å². The number of carbonyl (C=O) groups excluding carboxylic acids is 1. The summed E-state index contributed by atoms with van der Waals surface area (Å²) < 4.78 is 38.7. The van der Waals surface area contributed by atoms with E-state index < -0.39 is 23.7 Å². The molecule has 1 unspecified atom stereocenters. The van der Waals surface area contributed by atoms with E-state index in [1.54, 1.807) is 17.9 Å². The van der Waals surface area contributed by atoms with Crippen LogP contribution in [0, 0.1) is 0 Å². The van der Waals surface area contributed by atoms with Gasteiger partial charge in [-0.05, 0) is 31.2 Å². The van der Waals surface area contributed by atoms with E-state index >= 15 is 0 Å². The Hall–Kier alpha value is -2.88. The van der Waals surface area contributed by atoms with E-state index in [4.69, 9.17) is 10.2 Å². The van der Waals surface area contributed by atoms with Crippen molar-refractivity contribution in [3.05, 3.63) is 42.0 Å². The first-order valence-corrected chi connectivity index (χ1v) is 9.35. The van der Waals surface area contributed by atoms with Gasteiger partial charge in [0, 0.05) is 37.3 Å². The average molecular weight is 430 g/mol. The van der Waals surface area contributed by atoms with Crippen LogP contribution in [0.1, 0.15) is 32.3 Å². The molecule has 0 radical (unpaired) electrons. The molecule has 1 saturated heterocycles. The van der Waals surface area contributed by atoms with E-state index in [0.717, 1.165) is 31.6 Å². The lowest BCUT2D eigenvalue weighted by molar-refractivity contribution is -0.137. The topological polar surface area (TPSA) is 98.2 Å². The molecule has 1 aromatic carbocycles. The Kier molecular flexibility index (Phi) is 9.51. The van der Waals surface area contributed by atoms with Crippen molar-refractivity contribution in [1.82, 2.24) is 4.90 Å². The Balaban J connectivity index is 0.000000479. The number of amides is 1. The molecule has 1 amide bonds. The fraction of sp³-hybridized carbons (Fsp3) is 0.450. The molecule has 0 bridgehead atoms. The maximum absolute atomic E-state index is 12.9. The predicted octanol–water partition coefficient (Wildman–Crippen LogP) is 3.25. The molecule has 0 spiro atoms. The Morgan fingerprint density at radius 2 is 1.77 bits per heavy atom. The van der Waals surface area contributed by atoms with E-state index in [9.17, 15) is 27.6 Å². The van der Waals surface area contributed by atoms with Crippen molar-refractivity contribution in [2.45, 2.75) is 38.9 Å². The van der Waals surface area contributed by atoms with Crippen molar-refractivity contribution in [3.8, 4) is 0 Å². The smallest absolute Gasteiger partial charge is 0.416 e.